The van der Waals surface area contributed by atoms with Crippen molar-refractivity contribution in [2.75, 3.05) is 0 Å². The molecule has 1 N–H and O–H groups in total. The monoisotopic (exact) mass is 242 g/mol. The standard InChI is InChI=1S/C9H7NO5S/c11-16(12,13)9-4-1-3-8(7-9)14-15-6-2-5-10-15/h1-7H/p+1. The highest BCUT2D eigenvalue weighted by atomic mass is 32.2. The van der Waals surface area contributed by atoms with E-state index in [1.54, 1.807) is 6.07 Å². The molecule has 2 rings (SSSR count). The fourth-order valence-corrected chi connectivity index (χ4v) is 1.58. The highest BCUT2D eigenvalue weighted by molar-refractivity contribution is 7.85. The molecule has 84 valence electrons. The van der Waals surface area contributed by atoms with Crippen LogP contribution in [0.1, 0.15) is 0 Å². The molecular formula is C9H8NO5S+. The van der Waals surface area contributed by atoms with Crippen molar-refractivity contribution in [2.24, 2.45) is 0 Å². The van der Waals surface area contributed by atoms with E-state index >= 15 is 0 Å². The second-order valence-corrected chi connectivity index (χ2v) is 4.31. The summed E-state index contributed by atoms with van der Waals surface area (Å²) in [6, 6.07) is 7.04. The first-order chi connectivity index (χ1) is 7.55. The molecule has 1 aromatic heterocycles. The van der Waals surface area contributed by atoms with E-state index in [-0.39, 0.29) is 10.6 Å². The molecule has 2 aromatic rings. The fourth-order valence-electron chi connectivity index (χ4n) is 1.07. The Morgan fingerprint density at radius 2 is 2.12 bits per heavy atom. The summed E-state index contributed by atoms with van der Waals surface area (Å²) in [6.07, 6.45) is 2.96. The van der Waals surface area contributed by atoms with E-state index in [9.17, 15) is 8.42 Å². The van der Waals surface area contributed by atoms with Crippen LogP contribution in [0.2, 0.25) is 0 Å². The third kappa shape index (κ3) is 2.38. The molecule has 0 spiro atoms. The van der Waals surface area contributed by atoms with E-state index in [2.05, 4.69) is 5.16 Å². The van der Waals surface area contributed by atoms with Gasteiger partial charge in [-0.2, -0.15) is 12.7 Å². The third-order valence-electron chi connectivity index (χ3n) is 1.73. The van der Waals surface area contributed by atoms with Crippen molar-refractivity contribution in [1.82, 2.24) is 5.16 Å². The van der Waals surface area contributed by atoms with E-state index in [0.29, 0.717) is 0 Å². The van der Waals surface area contributed by atoms with Gasteiger partial charge in [0, 0.05) is 6.07 Å². The molecule has 7 heteroatoms. The van der Waals surface area contributed by atoms with Crippen LogP contribution in [0.5, 0.6) is 5.75 Å². The molecule has 0 atom stereocenters. The van der Waals surface area contributed by atoms with Crippen LogP contribution in [0.15, 0.2) is 52.0 Å². The minimum Gasteiger partial charge on any atom is -0.282 e. The molecule has 1 aromatic carbocycles. The summed E-state index contributed by atoms with van der Waals surface area (Å²) < 4.78 is 32.5. The average molecular weight is 242 g/mol. The molecule has 0 unspecified atom stereocenters. The van der Waals surface area contributed by atoms with Gasteiger partial charge in [0.25, 0.3) is 10.1 Å². The van der Waals surface area contributed by atoms with Crippen molar-refractivity contribution in [3.63, 3.8) is 0 Å². The lowest BCUT2D eigenvalue weighted by atomic mass is 10.3. The molecular weight excluding hydrogens is 234 g/mol. The minimum atomic E-state index is -4.22. The Labute approximate surface area is 91.4 Å². The van der Waals surface area contributed by atoms with Gasteiger partial charge in [0.2, 0.25) is 5.75 Å². The van der Waals surface area contributed by atoms with Crippen LogP contribution in [0.3, 0.4) is 0 Å². The molecule has 6 nitrogen and oxygen atoms in total. The number of hydrogen-bond donors (Lipinski definition) is 1. The van der Waals surface area contributed by atoms with Gasteiger partial charge in [0.15, 0.2) is 0 Å². The average Bonchev–Trinajstić information content (AvgIpc) is 2.70. The molecule has 0 aliphatic heterocycles. The predicted octanol–water partition coefficient (Wildman–Crippen LogP) is 1.45. The third-order valence-corrected chi connectivity index (χ3v) is 2.58. The molecule has 0 fully saturated rings. The molecule has 0 aliphatic rings. The zero-order valence-corrected chi connectivity index (χ0v) is 8.79. The molecule has 0 saturated heterocycles. The van der Waals surface area contributed by atoms with E-state index in [4.69, 9.17) is 9.44 Å². The number of rotatable bonds is 3. The smallest absolute Gasteiger partial charge is 0.282 e. The summed E-state index contributed by atoms with van der Waals surface area (Å²) in [5.41, 5.74) is 0. The molecule has 0 amide bonds. The van der Waals surface area contributed by atoms with E-state index < -0.39 is 10.1 Å². The summed E-state index contributed by atoms with van der Waals surface area (Å²) in [7, 11) is -4.22. The molecule has 1 heterocycles. The minimum absolute atomic E-state index is 0.226. The van der Waals surface area contributed by atoms with Gasteiger partial charge in [-0.1, -0.05) is 6.07 Å². The molecule has 0 radical (unpaired) electrons. The van der Waals surface area contributed by atoms with Crippen molar-refractivity contribution < 1.29 is 22.2 Å². The van der Waals surface area contributed by atoms with Gasteiger partial charge >= 0.3 is 6.26 Å². The Morgan fingerprint density at radius 1 is 1.31 bits per heavy atom. The Balaban J connectivity index is 2.30. The first kappa shape index (κ1) is 10.7. The Hall–Kier alpha value is -1.86. The van der Waals surface area contributed by atoms with Crippen molar-refractivity contribution in [3.05, 3.63) is 42.8 Å². The van der Waals surface area contributed by atoms with Crippen LogP contribution in [0.4, 0.5) is 0 Å². The van der Waals surface area contributed by atoms with Crippen LogP contribution in [-0.4, -0.2) is 18.1 Å². The maximum atomic E-state index is 10.9. The van der Waals surface area contributed by atoms with Gasteiger partial charge in [-0.3, -0.25) is 4.55 Å². The highest BCUT2D eigenvalue weighted by Gasteiger charge is 2.12. The zero-order valence-electron chi connectivity index (χ0n) is 7.98. The number of hydrogen-bond acceptors (Lipinski definition) is 4. The van der Waals surface area contributed by atoms with Gasteiger partial charge < -0.3 is 0 Å². The maximum Gasteiger partial charge on any atom is 0.321 e. The van der Waals surface area contributed by atoms with Crippen LogP contribution >= 0.6 is 0 Å². The van der Waals surface area contributed by atoms with Crippen LogP contribution < -0.4 is 4.89 Å². The zero-order chi connectivity index (χ0) is 11.6. The molecule has 0 saturated carbocycles. The maximum absolute atomic E-state index is 10.9. The second kappa shape index (κ2) is 3.95. The predicted molar refractivity (Wildman–Crippen MR) is 53.4 cm³/mol. The van der Waals surface area contributed by atoms with Gasteiger partial charge in [-0.05, 0) is 12.1 Å². The van der Waals surface area contributed by atoms with Gasteiger partial charge in [0.05, 0.1) is 11.0 Å². The highest BCUT2D eigenvalue weighted by Crippen LogP contribution is 2.18. The number of aromatic nitrogens is 1. The van der Waals surface area contributed by atoms with Crippen molar-refractivity contribution >= 4 is 10.1 Å². The fraction of sp³-hybridized carbons (Fsp3) is 0. The number of benzene rings is 1. The molecule has 16 heavy (non-hydrogen) atoms. The normalized spacial score (nSPS) is 11.3. The first-order valence-corrected chi connectivity index (χ1v) is 5.70. The Morgan fingerprint density at radius 3 is 2.75 bits per heavy atom. The van der Waals surface area contributed by atoms with Gasteiger partial charge in [-0.15, -0.1) is 4.89 Å². The SMILES string of the molecule is O=S(=O)(O)c1cccc(O[o+]2cccn2)c1. The van der Waals surface area contributed by atoms with Crippen molar-refractivity contribution in [2.45, 2.75) is 4.90 Å². The van der Waals surface area contributed by atoms with Crippen molar-refractivity contribution in [1.29, 1.82) is 0 Å². The van der Waals surface area contributed by atoms with E-state index in [0.717, 1.165) is 0 Å². The van der Waals surface area contributed by atoms with Crippen LogP contribution in [-0.2, 0) is 10.1 Å². The second-order valence-electron chi connectivity index (χ2n) is 2.89. The Bertz CT molecular complexity index is 576. The van der Waals surface area contributed by atoms with Crippen LogP contribution in [0, 0.1) is 0 Å². The number of nitrogens with zero attached hydrogens (tertiary/aromatic N) is 1. The first-order valence-electron chi connectivity index (χ1n) is 4.26. The summed E-state index contributed by atoms with van der Waals surface area (Å²) in [5, 5.41) is 3.70. The lowest BCUT2D eigenvalue weighted by Crippen LogP contribution is -1.99. The van der Waals surface area contributed by atoms with E-state index in [1.807, 2.05) is 4.30 Å². The summed E-state index contributed by atoms with van der Waals surface area (Å²) >= 11 is 0. The Kier molecular flexibility index (Phi) is 2.63. The van der Waals surface area contributed by atoms with Gasteiger partial charge in [-0.25, -0.2) is 0 Å². The molecule has 0 aliphatic carbocycles. The lowest BCUT2D eigenvalue weighted by Gasteiger charge is -1.99. The summed E-state index contributed by atoms with van der Waals surface area (Å²) in [6.45, 7) is 0. The van der Waals surface area contributed by atoms with Crippen LogP contribution in [0.25, 0.3) is 0 Å². The summed E-state index contributed by atoms with van der Waals surface area (Å²) in [5.74, 6) is 0.226. The lowest BCUT2D eigenvalue weighted by molar-refractivity contribution is -0.256. The molecule has 0 bridgehead atoms. The van der Waals surface area contributed by atoms with Crippen molar-refractivity contribution in [3.8, 4) is 5.75 Å². The van der Waals surface area contributed by atoms with Gasteiger partial charge in [0.1, 0.15) is 11.4 Å². The topological polar surface area (TPSA) is 79.2 Å². The quantitative estimate of drug-likeness (QED) is 0.500. The largest absolute Gasteiger partial charge is 0.321 e. The summed E-state index contributed by atoms with van der Waals surface area (Å²) in [4.78, 5) is 4.86. The van der Waals surface area contributed by atoms with E-state index in [1.165, 1.54) is 36.7 Å².